The fourth-order valence-electron chi connectivity index (χ4n) is 1.42. The lowest BCUT2D eigenvalue weighted by molar-refractivity contribution is -0.133. The summed E-state index contributed by atoms with van der Waals surface area (Å²) in [6.45, 7) is 2.41. The second-order valence-corrected chi connectivity index (χ2v) is 3.37. The average Bonchev–Trinajstić information content (AvgIpc) is 2.65. The molecule has 0 radical (unpaired) electrons. The number of amides is 2. The molecule has 2 atom stereocenters. The SMILES string of the molecule is CC[C@H](NC(=O)[C@H]1CCCO1)C(N)=O. The highest BCUT2D eigenvalue weighted by Crippen LogP contribution is 2.12. The highest BCUT2D eigenvalue weighted by atomic mass is 16.5. The topological polar surface area (TPSA) is 81.4 Å². The van der Waals surface area contributed by atoms with Gasteiger partial charge >= 0.3 is 0 Å². The Balaban J connectivity index is 2.41. The van der Waals surface area contributed by atoms with E-state index in [-0.39, 0.29) is 5.91 Å². The van der Waals surface area contributed by atoms with Crippen molar-refractivity contribution in [3.05, 3.63) is 0 Å². The van der Waals surface area contributed by atoms with E-state index in [2.05, 4.69) is 5.32 Å². The Labute approximate surface area is 83.0 Å². The molecular formula is C9H16N2O3. The van der Waals surface area contributed by atoms with Crippen LogP contribution in [0.1, 0.15) is 26.2 Å². The first-order chi connectivity index (χ1) is 6.65. The molecule has 0 aromatic rings. The number of hydrogen-bond acceptors (Lipinski definition) is 3. The molecule has 1 saturated heterocycles. The summed E-state index contributed by atoms with van der Waals surface area (Å²) in [6.07, 6.45) is 1.73. The van der Waals surface area contributed by atoms with Gasteiger partial charge in [0, 0.05) is 6.61 Å². The minimum atomic E-state index is -0.577. The van der Waals surface area contributed by atoms with E-state index < -0.39 is 18.1 Å². The van der Waals surface area contributed by atoms with Crippen molar-refractivity contribution in [3.8, 4) is 0 Å². The van der Waals surface area contributed by atoms with Crippen molar-refractivity contribution in [3.63, 3.8) is 0 Å². The first kappa shape index (κ1) is 11.0. The molecule has 0 aliphatic carbocycles. The Hall–Kier alpha value is -1.10. The maximum Gasteiger partial charge on any atom is 0.249 e. The van der Waals surface area contributed by atoms with E-state index >= 15 is 0 Å². The fourth-order valence-corrected chi connectivity index (χ4v) is 1.42. The van der Waals surface area contributed by atoms with Crippen LogP contribution >= 0.6 is 0 Å². The fraction of sp³-hybridized carbons (Fsp3) is 0.778. The van der Waals surface area contributed by atoms with Crippen molar-refractivity contribution in [2.24, 2.45) is 5.73 Å². The van der Waals surface area contributed by atoms with Crippen molar-refractivity contribution in [1.29, 1.82) is 0 Å². The van der Waals surface area contributed by atoms with Gasteiger partial charge < -0.3 is 15.8 Å². The van der Waals surface area contributed by atoms with Gasteiger partial charge in [-0.05, 0) is 19.3 Å². The molecule has 0 aromatic carbocycles. The predicted octanol–water partition coefficient (Wildman–Crippen LogP) is -0.454. The minimum Gasteiger partial charge on any atom is -0.368 e. The van der Waals surface area contributed by atoms with Crippen LogP contribution in [0.25, 0.3) is 0 Å². The molecule has 0 aromatic heterocycles. The monoisotopic (exact) mass is 200 g/mol. The Kier molecular flexibility index (Phi) is 3.88. The summed E-state index contributed by atoms with van der Waals surface area (Å²) in [5, 5.41) is 2.57. The summed E-state index contributed by atoms with van der Waals surface area (Å²) in [7, 11) is 0. The molecular weight excluding hydrogens is 184 g/mol. The molecule has 1 rings (SSSR count). The quantitative estimate of drug-likeness (QED) is 0.644. The van der Waals surface area contributed by atoms with Crippen molar-refractivity contribution >= 4 is 11.8 Å². The van der Waals surface area contributed by atoms with E-state index in [9.17, 15) is 9.59 Å². The summed E-state index contributed by atoms with van der Waals surface area (Å²) in [5.74, 6) is -0.730. The van der Waals surface area contributed by atoms with Crippen LogP contribution in [0.5, 0.6) is 0 Å². The number of carbonyl (C=O) groups excluding carboxylic acids is 2. The maximum atomic E-state index is 11.5. The van der Waals surface area contributed by atoms with E-state index in [0.717, 1.165) is 12.8 Å². The second-order valence-electron chi connectivity index (χ2n) is 3.37. The largest absolute Gasteiger partial charge is 0.368 e. The van der Waals surface area contributed by atoms with Gasteiger partial charge in [0.15, 0.2) is 0 Å². The summed E-state index contributed by atoms with van der Waals surface area (Å²) >= 11 is 0. The molecule has 0 spiro atoms. The molecule has 1 aliphatic rings. The normalized spacial score (nSPS) is 23.1. The van der Waals surface area contributed by atoms with Gasteiger partial charge in [0.05, 0.1) is 0 Å². The van der Waals surface area contributed by atoms with Crippen LogP contribution in [-0.2, 0) is 14.3 Å². The van der Waals surface area contributed by atoms with E-state index in [1.165, 1.54) is 0 Å². The minimum absolute atomic E-state index is 0.229. The smallest absolute Gasteiger partial charge is 0.249 e. The van der Waals surface area contributed by atoms with Gasteiger partial charge in [-0.3, -0.25) is 9.59 Å². The molecule has 1 fully saturated rings. The third kappa shape index (κ3) is 2.70. The number of nitrogens with two attached hydrogens (primary N) is 1. The van der Waals surface area contributed by atoms with E-state index in [0.29, 0.717) is 13.0 Å². The molecule has 3 N–H and O–H groups in total. The van der Waals surface area contributed by atoms with Crippen LogP contribution in [0, 0.1) is 0 Å². The Morgan fingerprint density at radius 1 is 1.64 bits per heavy atom. The molecule has 5 nitrogen and oxygen atoms in total. The number of primary amides is 1. The molecule has 80 valence electrons. The van der Waals surface area contributed by atoms with Gasteiger partial charge in [-0.15, -0.1) is 0 Å². The Bertz CT molecular complexity index is 224. The maximum absolute atomic E-state index is 11.5. The summed E-state index contributed by atoms with van der Waals surface area (Å²) in [6, 6.07) is -0.577. The van der Waals surface area contributed by atoms with Crippen molar-refractivity contribution in [2.45, 2.75) is 38.3 Å². The summed E-state index contributed by atoms with van der Waals surface area (Å²) < 4.78 is 5.18. The van der Waals surface area contributed by atoms with Crippen molar-refractivity contribution in [2.75, 3.05) is 6.61 Å². The Morgan fingerprint density at radius 2 is 2.36 bits per heavy atom. The van der Waals surface area contributed by atoms with Gasteiger partial charge in [-0.2, -0.15) is 0 Å². The van der Waals surface area contributed by atoms with E-state index in [1.54, 1.807) is 6.92 Å². The zero-order chi connectivity index (χ0) is 10.6. The third-order valence-corrected chi connectivity index (χ3v) is 2.29. The highest BCUT2D eigenvalue weighted by Gasteiger charge is 2.26. The molecule has 0 bridgehead atoms. The number of carbonyl (C=O) groups is 2. The first-order valence-corrected chi connectivity index (χ1v) is 4.86. The Morgan fingerprint density at radius 3 is 2.79 bits per heavy atom. The molecule has 0 unspecified atom stereocenters. The average molecular weight is 200 g/mol. The molecule has 1 aliphatic heterocycles. The van der Waals surface area contributed by atoms with Gasteiger partial charge in [-0.1, -0.05) is 6.92 Å². The number of ether oxygens (including phenoxy) is 1. The van der Waals surface area contributed by atoms with Crippen LogP contribution in [0.4, 0.5) is 0 Å². The lowest BCUT2D eigenvalue weighted by atomic mass is 10.2. The number of hydrogen-bond donors (Lipinski definition) is 2. The zero-order valence-corrected chi connectivity index (χ0v) is 8.29. The van der Waals surface area contributed by atoms with Gasteiger partial charge in [-0.25, -0.2) is 0 Å². The molecule has 2 amide bonds. The summed E-state index contributed by atoms with van der Waals surface area (Å²) in [4.78, 5) is 22.3. The standard InChI is InChI=1S/C9H16N2O3/c1-2-6(8(10)12)11-9(13)7-4-3-5-14-7/h6-7H,2-5H2,1H3,(H2,10,12)(H,11,13)/t6-,7+/m0/s1. The molecule has 14 heavy (non-hydrogen) atoms. The lowest BCUT2D eigenvalue weighted by Crippen LogP contribution is -2.47. The van der Waals surface area contributed by atoms with Crippen LogP contribution in [0.15, 0.2) is 0 Å². The van der Waals surface area contributed by atoms with Crippen molar-refractivity contribution in [1.82, 2.24) is 5.32 Å². The van der Waals surface area contributed by atoms with E-state index in [1.807, 2.05) is 0 Å². The third-order valence-electron chi connectivity index (χ3n) is 2.29. The van der Waals surface area contributed by atoms with Gasteiger partial charge in [0.25, 0.3) is 0 Å². The number of nitrogens with one attached hydrogen (secondary N) is 1. The van der Waals surface area contributed by atoms with Gasteiger partial charge in [0.1, 0.15) is 12.1 Å². The van der Waals surface area contributed by atoms with Crippen molar-refractivity contribution < 1.29 is 14.3 Å². The molecule has 0 saturated carbocycles. The van der Waals surface area contributed by atoms with E-state index in [4.69, 9.17) is 10.5 Å². The van der Waals surface area contributed by atoms with Crippen LogP contribution in [0.2, 0.25) is 0 Å². The van der Waals surface area contributed by atoms with Crippen LogP contribution < -0.4 is 11.1 Å². The zero-order valence-electron chi connectivity index (χ0n) is 8.29. The lowest BCUT2D eigenvalue weighted by Gasteiger charge is -2.16. The van der Waals surface area contributed by atoms with Gasteiger partial charge in [0.2, 0.25) is 11.8 Å². The molecule has 5 heteroatoms. The first-order valence-electron chi connectivity index (χ1n) is 4.86. The summed E-state index contributed by atoms with van der Waals surface area (Å²) in [5.41, 5.74) is 5.10. The van der Waals surface area contributed by atoms with Crippen LogP contribution in [-0.4, -0.2) is 30.6 Å². The molecule has 1 heterocycles. The predicted molar refractivity (Wildman–Crippen MR) is 50.4 cm³/mol. The second kappa shape index (κ2) is 4.95. The van der Waals surface area contributed by atoms with Crippen LogP contribution in [0.3, 0.4) is 0 Å². The highest BCUT2D eigenvalue weighted by molar-refractivity contribution is 5.88. The number of rotatable bonds is 4.